The van der Waals surface area contributed by atoms with Crippen molar-refractivity contribution in [2.24, 2.45) is 0 Å². The lowest BCUT2D eigenvalue weighted by atomic mass is 10.1. The van der Waals surface area contributed by atoms with Gasteiger partial charge in [0.25, 0.3) is 5.91 Å². The minimum absolute atomic E-state index is 0.00226. The molecule has 146 valence electrons. The third-order valence-corrected chi connectivity index (χ3v) is 6.94. The monoisotopic (exact) mass is 412 g/mol. The Balaban J connectivity index is 1.76. The zero-order valence-corrected chi connectivity index (χ0v) is 17.8. The zero-order chi connectivity index (χ0) is 19.5. The van der Waals surface area contributed by atoms with Gasteiger partial charge in [-0.3, -0.25) is 9.69 Å². The minimum atomic E-state index is -0.00226. The summed E-state index contributed by atoms with van der Waals surface area (Å²) in [6.45, 7) is 3.45. The van der Waals surface area contributed by atoms with E-state index in [2.05, 4.69) is 25.1 Å². The maximum atomic E-state index is 13.6. The van der Waals surface area contributed by atoms with E-state index in [1.807, 2.05) is 35.4 Å². The van der Waals surface area contributed by atoms with E-state index in [9.17, 15) is 4.79 Å². The fourth-order valence-corrected chi connectivity index (χ4v) is 5.21. The normalized spacial score (nSPS) is 16.6. The van der Waals surface area contributed by atoms with Gasteiger partial charge in [0.2, 0.25) is 0 Å². The molecule has 1 aliphatic heterocycles. The molecule has 0 radical (unpaired) electrons. The number of hydrogen-bond acceptors (Lipinski definition) is 5. The fraction of sp³-hybridized carbons (Fsp3) is 0.364. The van der Waals surface area contributed by atoms with Crippen LogP contribution in [0, 0.1) is 0 Å². The van der Waals surface area contributed by atoms with Crippen molar-refractivity contribution in [2.45, 2.75) is 37.2 Å². The first-order valence-electron chi connectivity index (χ1n) is 9.66. The van der Waals surface area contributed by atoms with Gasteiger partial charge >= 0.3 is 0 Å². The van der Waals surface area contributed by atoms with E-state index in [4.69, 9.17) is 9.72 Å². The Morgan fingerprint density at radius 3 is 2.89 bits per heavy atom. The summed E-state index contributed by atoms with van der Waals surface area (Å²) in [6, 6.07) is 14.1. The number of carbonyl (C=O) groups is 1. The number of hydrogen-bond donors (Lipinski definition) is 0. The number of aromatic nitrogens is 1. The van der Waals surface area contributed by atoms with Gasteiger partial charge in [-0.2, -0.15) is 0 Å². The van der Waals surface area contributed by atoms with Gasteiger partial charge in [-0.05, 0) is 49.3 Å². The second kappa shape index (κ2) is 8.64. The van der Waals surface area contributed by atoms with Crippen LogP contribution in [0.15, 0.2) is 47.4 Å². The van der Waals surface area contributed by atoms with Crippen LogP contribution in [0.2, 0.25) is 0 Å². The number of benzene rings is 2. The van der Waals surface area contributed by atoms with Gasteiger partial charge < -0.3 is 4.74 Å². The van der Waals surface area contributed by atoms with Gasteiger partial charge in [0.1, 0.15) is 0 Å². The summed E-state index contributed by atoms with van der Waals surface area (Å²) in [6.07, 6.45) is 5.03. The molecule has 1 saturated heterocycles. The molecule has 4 nitrogen and oxygen atoms in total. The number of nitrogens with zero attached hydrogens (tertiary/aromatic N) is 2. The fourth-order valence-electron chi connectivity index (χ4n) is 3.60. The van der Waals surface area contributed by atoms with Gasteiger partial charge in [-0.1, -0.05) is 42.5 Å². The number of amides is 1. The van der Waals surface area contributed by atoms with E-state index in [-0.39, 0.29) is 12.0 Å². The molecule has 0 bridgehead atoms. The quantitative estimate of drug-likeness (QED) is 0.508. The van der Waals surface area contributed by atoms with E-state index < -0.39 is 0 Å². The first-order chi connectivity index (χ1) is 13.7. The molecule has 1 fully saturated rings. The summed E-state index contributed by atoms with van der Waals surface area (Å²) in [5, 5.41) is 0.757. The molecule has 0 saturated carbocycles. The largest absolute Gasteiger partial charge is 0.376 e. The molecule has 1 amide bonds. The second-order valence-electron chi connectivity index (χ2n) is 6.86. The minimum Gasteiger partial charge on any atom is -0.376 e. The average molecular weight is 413 g/mol. The Morgan fingerprint density at radius 1 is 1.29 bits per heavy atom. The van der Waals surface area contributed by atoms with Crippen molar-refractivity contribution in [1.29, 1.82) is 0 Å². The number of anilines is 1. The highest BCUT2D eigenvalue weighted by atomic mass is 32.2. The smallest absolute Gasteiger partial charge is 0.261 e. The highest BCUT2D eigenvalue weighted by Gasteiger charge is 2.28. The summed E-state index contributed by atoms with van der Waals surface area (Å²) in [5.41, 5.74) is 2.95. The molecule has 1 aromatic heterocycles. The van der Waals surface area contributed by atoms with Gasteiger partial charge in [0.15, 0.2) is 5.13 Å². The topological polar surface area (TPSA) is 42.4 Å². The average Bonchev–Trinajstić information content (AvgIpc) is 3.40. The maximum Gasteiger partial charge on any atom is 0.261 e. The summed E-state index contributed by atoms with van der Waals surface area (Å²) in [4.78, 5) is 21.3. The van der Waals surface area contributed by atoms with E-state index >= 15 is 0 Å². The third kappa shape index (κ3) is 3.81. The number of rotatable bonds is 6. The van der Waals surface area contributed by atoms with Crippen LogP contribution in [0.3, 0.4) is 0 Å². The number of aryl methyl sites for hydroxylation is 1. The molecule has 1 aliphatic rings. The van der Waals surface area contributed by atoms with E-state index in [1.165, 1.54) is 5.56 Å². The van der Waals surface area contributed by atoms with Crippen molar-refractivity contribution in [3.63, 3.8) is 0 Å². The molecule has 0 aliphatic carbocycles. The summed E-state index contributed by atoms with van der Waals surface area (Å²) >= 11 is 3.18. The van der Waals surface area contributed by atoms with Gasteiger partial charge in [-0.15, -0.1) is 11.8 Å². The van der Waals surface area contributed by atoms with Crippen molar-refractivity contribution >= 4 is 44.4 Å². The summed E-state index contributed by atoms with van der Waals surface area (Å²) in [7, 11) is 0. The van der Waals surface area contributed by atoms with Crippen LogP contribution in [-0.2, 0) is 11.2 Å². The first-order valence-corrected chi connectivity index (χ1v) is 11.7. The molecule has 2 heterocycles. The van der Waals surface area contributed by atoms with Crippen molar-refractivity contribution in [2.75, 3.05) is 24.3 Å². The second-order valence-corrected chi connectivity index (χ2v) is 8.72. The Labute approximate surface area is 173 Å². The number of thiazole rings is 1. The Hall–Kier alpha value is -1.89. The van der Waals surface area contributed by atoms with Crippen LogP contribution < -0.4 is 4.90 Å². The van der Waals surface area contributed by atoms with Gasteiger partial charge in [-0.25, -0.2) is 4.98 Å². The standard InChI is InChI=1S/C22H24N2O2S2/c1-3-15-8-6-12-19-20(15)23-22(28-19)24(14-16-9-7-13-26-16)21(25)17-10-4-5-11-18(17)27-2/h4-6,8,10-12,16H,3,7,9,13-14H2,1-2H3. The molecule has 0 N–H and O–H groups in total. The highest BCUT2D eigenvalue weighted by Crippen LogP contribution is 2.33. The maximum absolute atomic E-state index is 13.6. The zero-order valence-electron chi connectivity index (χ0n) is 16.2. The molecule has 3 aromatic rings. The van der Waals surface area contributed by atoms with Crippen LogP contribution >= 0.6 is 23.1 Å². The highest BCUT2D eigenvalue weighted by molar-refractivity contribution is 7.98. The lowest BCUT2D eigenvalue weighted by Gasteiger charge is -2.24. The van der Waals surface area contributed by atoms with E-state index in [1.54, 1.807) is 23.1 Å². The predicted molar refractivity (Wildman–Crippen MR) is 118 cm³/mol. The van der Waals surface area contributed by atoms with Crippen LogP contribution in [0.1, 0.15) is 35.7 Å². The van der Waals surface area contributed by atoms with E-state index in [0.29, 0.717) is 6.54 Å². The molecule has 1 unspecified atom stereocenters. The lowest BCUT2D eigenvalue weighted by Crippen LogP contribution is -2.37. The van der Waals surface area contributed by atoms with Crippen molar-refractivity contribution < 1.29 is 9.53 Å². The Kier molecular flexibility index (Phi) is 5.99. The van der Waals surface area contributed by atoms with Crippen LogP contribution in [-0.4, -0.2) is 36.4 Å². The lowest BCUT2D eigenvalue weighted by molar-refractivity contribution is 0.0915. The molecule has 4 rings (SSSR count). The van der Waals surface area contributed by atoms with Crippen LogP contribution in [0.25, 0.3) is 10.2 Å². The van der Waals surface area contributed by atoms with Crippen molar-refractivity contribution in [3.8, 4) is 0 Å². The van der Waals surface area contributed by atoms with Gasteiger partial charge in [0, 0.05) is 11.5 Å². The molecule has 1 atom stereocenters. The number of carbonyl (C=O) groups excluding carboxylic acids is 1. The predicted octanol–water partition coefficient (Wildman–Crippen LogP) is 5.41. The van der Waals surface area contributed by atoms with Crippen LogP contribution in [0.5, 0.6) is 0 Å². The number of fused-ring (bicyclic) bond motifs is 1. The number of thioether (sulfide) groups is 1. The van der Waals surface area contributed by atoms with Crippen LogP contribution in [0.4, 0.5) is 5.13 Å². The molecule has 2 aromatic carbocycles. The Bertz CT molecular complexity index is 980. The molecule has 6 heteroatoms. The summed E-state index contributed by atoms with van der Waals surface area (Å²) < 4.78 is 6.97. The SMILES string of the molecule is CCc1cccc2sc(N(CC3CCCO3)C(=O)c3ccccc3SC)nc12. The third-order valence-electron chi connectivity index (χ3n) is 5.10. The Morgan fingerprint density at radius 2 is 2.14 bits per heavy atom. The van der Waals surface area contributed by atoms with Crippen molar-refractivity contribution in [3.05, 3.63) is 53.6 Å². The molecular formula is C22H24N2O2S2. The molecule has 28 heavy (non-hydrogen) atoms. The number of para-hydroxylation sites is 1. The molecule has 0 spiro atoms. The first kappa shape index (κ1) is 19.4. The van der Waals surface area contributed by atoms with E-state index in [0.717, 1.165) is 51.7 Å². The molecular weight excluding hydrogens is 388 g/mol. The summed E-state index contributed by atoms with van der Waals surface area (Å²) in [5.74, 6) is -0.00226. The van der Waals surface area contributed by atoms with Crippen molar-refractivity contribution in [1.82, 2.24) is 4.98 Å². The number of ether oxygens (including phenoxy) is 1. The van der Waals surface area contributed by atoms with Gasteiger partial charge in [0.05, 0.1) is 28.4 Å².